The first-order valence-corrected chi connectivity index (χ1v) is 4.09. The number of rotatable bonds is 1. The molecule has 1 heterocycles. The molecule has 0 saturated heterocycles. The smallest absolute Gasteiger partial charge is 0.341 e. The Hall–Kier alpha value is -1.65. The largest absolute Gasteiger partial charge is 0.477 e. The summed E-state index contributed by atoms with van der Waals surface area (Å²) >= 11 is 0. The number of hydrogen-bond acceptors (Lipinski definition) is 2. The highest BCUT2D eigenvalue weighted by Crippen LogP contribution is 2.29. The van der Waals surface area contributed by atoms with Gasteiger partial charge in [-0.2, -0.15) is 0 Å². The quantitative estimate of drug-likeness (QED) is 0.722. The van der Waals surface area contributed by atoms with Gasteiger partial charge in [0.15, 0.2) is 5.82 Å². The van der Waals surface area contributed by atoms with Crippen molar-refractivity contribution in [2.45, 2.75) is 6.42 Å². The molecule has 0 atom stereocenters. The number of carboxylic acid groups (broad SMARTS) is 1. The lowest BCUT2D eigenvalue weighted by atomic mass is 10.1. The summed E-state index contributed by atoms with van der Waals surface area (Å²) in [6, 6.07) is 1.07. The fourth-order valence-corrected chi connectivity index (χ4v) is 1.57. The van der Waals surface area contributed by atoms with Crippen LogP contribution in [0.4, 0.5) is 14.5 Å². The minimum atomic E-state index is -1.59. The summed E-state index contributed by atoms with van der Waals surface area (Å²) in [4.78, 5) is 10.5. The van der Waals surface area contributed by atoms with E-state index in [0.29, 0.717) is 18.5 Å². The van der Waals surface area contributed by atoms with E-state index >= 15 is 0 Å². The van der Waals surface area contributed by atoms with Crippen LogP contribution in [-0.4, -0.2) is 17.6 Å². The van der Waals surface area contributed by atoms with Crippen LogP contribution in [0.5, 0.6) is 0 Å². The lowest BCUT2D eigenvalue weighted by molar-refractivity contribution is 0.0686. The molecule has 74 valence electrons. The van der Waals surface area contributed by atoms with E-state index in [4.69, 9.17) is 5.11 Å². The van der Waals surface area contributed by atoms with E-state index in [2.05, 4.69) is 5.32 Å². The van der Waals surface area contributed by atoms with Crippen molar-refractivity contribution >= 4 is 11.7 Å². The molecule has 0 spiro atoms. The maximum absolute atomic E-state index is 13.4. The van der Waals surface area contributed by atoms with Gasteiger partial charge in [0.2, 0.25) is 0 Å². The van der Waals surface area contributed by atoms with Crippen molar-refractivity contribution in [2.75, 3.05) is 11.9 Å². The Morgan fingerprint density at radius 1 is 1.50 bits per heavy atom. The summed E-state index contributed by atoms with van der Waals surface area (Å²) in [5, 5.41) is 11.3. The molecule has 2 N–H and O–H groups in total. The van der Waals surface area contributed by atoms with Crippen molar-refractivity contribution in [3.8, 4) is 0 Å². The number of carboxylic acids is 1. The first-order chi connectivity index (χ1) is 6.61. The number of benzene rings is 1. The molecule has 1 aliphatic heterocycles. The van der Waals surface area contributed by atoms with Gasteiger partial charge in [0.05, 0.1) is 5.69 Å². The van der Waals surface area contributed by atoms with Crippen molar-refractivity contribution in [1.82, 2.24) is 0 Å². The number of halogens is 2. The van der Waals surface area contributed by atoms with E-state index in [0.717, 1.165) is 6.07 Å². The maximum Gasteiger partial charge on any atom is 0.341 e. The fourth-order valence-electron chi connectivity index (χ4n) is 1.57. The van der Waals surface area contributed by atoms with E-state index in [9.17, 15) is 13.6 Å². The Bertz CT molecular complexity index is 418. The van der Waals surface area contributed by atoms with Gasteiger partial charge >= 0.3 is 5.97 Å². The van der Waals surface area contributed by atoms with Crippen molar-refractivity contribution < 1.29 is 18.7 Å². The third kappa shape index (κ3) is 1.13. The lowest BCUT2D eigenvalue weighted by Gasteiger charge is -2.05. The number of hydrogen-bond donors (Lipinski definition) is 2. The van der Waals surface area contributed by atoms with Crippen LogP contribution in [0.15, 0.2) is 6.07 Å². The Labute approximate surface area is 78.4 Å². The van der Waals surface area contributed by atoms with Crippen molar-refractivity contribution in [1.29, 1.82) is 0 Å². The molecule has 1 aromatic rings. The lowest BCUT2D eigenvalue weighted by Crippen LogP contribution is -2.07. The van der Waals surface area contributed by atoms with E-state index in [1.807, 2.05) is 0 Å². The normalized spacial score (nSPS) is 13.6. The molecule has 14 heavy (non-hydrogen) atoms. The van der Waals surface area contributed by atoms with Gasteiger partial charge in [-0.1, -0.05) is 0 Å². The number of aromatic carboxylic acids is 1. The molecule has 3 nitrogen and oxygen atoms in total. The highest BCUT2D eigenvalue weighted by molar-refractivity contribution is 5.90. The Balaban J connectivity index is 2.68. The molecule has 0 aromatic heterocycles. The molecular formula is C9H7F2NO2. The number of nitrogens with one attached hydrogen (secondary N) is 1. The van der Waals surface area contributed by atoms with E-state index in [1.165, 1.54) is 0 Å². The Kier molecular flexibility index (Phi) is 1.87. The molecule has 0 amide bonds. The second kappa shape index (κ2) is 2.94. The van der Waals surface area contributed by atoms with Gasteiger partial charge < -0.3 is 10.4 Å². The third-order valence-corrected chi connectivity index (χ3v) is 2.21. The molecule has 2 rings (SSSR count). The summed E-state index contributed by atoms with van der Waals surface area (Å²) < 4.78 is 26.5. The molecular weight excluding hydrogens is 192 g/mol. The van der Waals surface area contributed by atoms with Crippen LogP contribution in [0.25, 0.3) is 0 Å². The molecule has 0 fully saturated rings. The standard InChI is InChI=1S/C9H7F2NO2/c10-5-3-4-1-2-12-8(4)7(11)6(5)9(13)14/h3,12H,1-2H2,(H,13,14). The molecule has 1 aliphatic rings. The first kappa shape index (κ1) is 8.93. The number of anilines is 1. The monoisotopic (exact) mass is 199 g/mol. The summed E-state index contributed by atoms with van der Waals surface area (Å²) in [5.41, 5.74) is -0.285. The van der Waals surface area contributed by atoms with Crippen molar-refractivity contribution in [3.63, 3.8) is 0 Å². The molecule has 0 aliphatic carbocycles. The fraction of sp³-hybridized carbons (Fsp3) is 0.222. The molecule has 0 radical (unpaired) electrons. The van der Waals surface area contributed by atoms with Gasteiger partial charge in [-0.15, -0.1) is 0 Å². The van der Waals surface area contributed by atoms with Crippen molar-refractivity contribution in [2.24, 2.45) is 0 Å². The van der Waals surface area contributed by atoms with Gasteiger partial charge in [-0.3, -0.25) is 0 Å². The number of fused-ring (bicyclic) bond motifs is 1. The molecule has 1 aromatic carbocycles. The van der Waals surface area contributed by atoms with Crippen LogP contribution < -0.4 is 5.32 Å². The second-order valence-corrected chi connectivity index (χ2v) is 3.06. The van der Waals surface area contributed by atoms with Crippen LogP contribution in [-0.2, 0) is 6.42 Å². The second-order valence-electron chi connectivity index (χ2n) is 3.06. The van der Waals surface area contributed by atoms with Gasteiger partial charge in [0, 0.05) is 6.54 Å². The third-order valence-electron chi connectivity index (χ3n) is 2.21. The number of carbonyl (C=O) groups is 1. The minimum Gasteiger partial charge on any atom is -0.477 e. The van der Waals surface area contributed by atoms with Gasteiger partial charge in [0.1, 0.15) is 11.4 Å². The predicted molar refractivity (Wildman–Crippen MR) is 45.5 cm³/mol. The predicted octanol–water partition coefficient (Wildman–Crippen LogP) is 1.63. The molecule has 0 unspecified atom stereocenters. The Morgan fingerprint density at radius 2 is 2.21 bits per heavy atom. The van der Waals surface area contributed by atoms with E-state index in [-0.39, 0.29) is 5.69 Å². The summed E-state index contributed by atoms with van der Waals surface area (Å²) in [7, 11) is 0. The van der Waals surface area contributed by atoms with Crippen LogP contribution in [0.3, 0.4) is 0 Å². The van der Waals surface area contributed by atoms with Crippen LogP contribution in [0, 0.1) is 11.6 Å². The molecule has 0 saturated carbocycles. The summed E-state index contributed by atoms with van der Waals surface area (Å²) in [5.74, 6) is -3.61. The zero-order valence-electron chi connectivity index (χ0n) is 7.10. The highest BCUT2D eigenvalue weighted by atomic mass is 19.1. The summed E-state index contributed by atoms with van der Waals surface area (Å²) in [6.45, 7) is 0.509. The molecule has 0 bridgehead atoms. The minimum absolute atomic E-state index is 0.115. The maximum atomic E-state index is 13.4. The van der Waals surface area contributed by atoms with E-state index < -0.39 is 23.2 Å². The van der Waals surface area contributed by atoms with Crippen LogP contribution in [0.1, 0.15) is 15.9 Å². The Morgan fingerprint density at radius 3 is 2.86 bits per heavy atom. The van der Waals surface area contributed by atoms with Crippen LogP contribution in [0.2, 0.25) is 0 Å². The highest BCUT2D eigenvalue weighted by Gasteiger charge is 2.25. The SMILES string of the molecule is O=C(O)c1c(F)cc2c(c1F)NCC2. The zero-order chi connectivity index (χ0) is 10.3. The van der Waals surface area contributed by atoms with E-state index in [1.54, 1.807) is 0 Å². The van der Waals surface area contributed by atoms with Gasteiger partial charge in [0.25, 0.3) is 0 Å². The summed E-state index contributed by atoms with van der Waals surface area (Å²) in [6.07, 6.45) is 0.517. The van der Waals surface area contributed by atoms with Crippen LogP contribution >= 0.6 is 0 Å². The first-order valence-electron chi connectivity index (χ1n) is 4.09. The van der Waals surface area contributed by atoms with Gasteiger partial charge in [-0.05, 0) is 18.1 Å². The average Bonchev–Trinajstić information content (AvgIpc) is 2.50. The van der Waals surface area contributed by atoms with Crippen molar-refractivity contribution in [3.05, 3.63) is 28.8 Å². The molecule has 5 heteroatoms. The van der Waals surface area contributed by atoms with Gasteiger partial charge in [-0.25, -0.2) is 13.6 Å². The average molecular weight is 199 g/mol. The topological polar surface area (TPSA) is 49.3 Å². The zero-order valence-corrected chi connectivity index (χ0v) is 7.10.